The maximum Gasteiger partial charge on any atom is 0.305 e. The van der Waals surface area contributed by atoms with Gasteiger partial charge in [0.2, 0.25) is 0 Å². The number of fused-ring (bicyclic) bond motifs is 2. The zero-order valence-corrected chi connectivity index (χ0v) is 27.8. The van der Waals surface area contributed by atoms with Crippen LogP contribution in [0.25, 0.3) is 32.3 Å². The number of hydrogen-bond acceptors (Lipinski definition) is 5. The Bertz CT molecular complexity index is 1820. The van der Waals surface area contributed by atoms with Crippen LogP contribution in [0.5, 0.6) is 0 Å². The summed E-state index contributed by atoms with van der Waals surface area (Å²) in [6.45, 7) is 7.15. The number of carbonyl (C=O) groups is 1. The van der Waals surface area contributed by atoms with Crippen LogP contribution in [0.4, 0.5) is 0 Å². The summed E-state index contributed by atoms with van der Waals surface area (Å²) in [5.74, 6) is 0.147. The van der Waals surface area contributed by atoms with Crippen molar-refractivity contribution in [1.82, 2.24) is 0 Å². The van der Waals surface area contributed by atoms with E-state index in [2.05, 4.69) is 81.4 Å². The Morgan fingerprint density at radius 2 is 1.74 bits per heavy atom. The Balaban J connectivity index is 1.02. The number of aliphatic hydroxyl groups is 2. The first-order valence-corrected chi connectivity index (χ1v) is 17.3. The maximum atomic E-state index is 13.0. The molecule has 1 saturated carbocycles. The summed E-state index contributed by atoms with van der Waals surface area (Å²) in [5.41, 5.74) is 3.69. The highest BCUT2D eigenvalue weighted by Crippen LogP contribution is 2.55. The Kier molecular flexibility index (Phi) is 8.24. The zero-order valence-electron chi connectivity index (χ0n) is 27.8. The average molecular weight is 621 g/mol. The first-order valence-electron chi connectivity index (χ1n) is 17.3. The van der Waals surface area contributed by atoms with Crippen LogP contribution in [0.3, 0.4) is 0 Å². The Morgan fingerprint density at radius 3 is 2.50 bits per heavy atom. The fourth-order valence-corrected chi connectivity index (χ4v) is 9.19. The lowest BCUT2D eigenvalue weighted by atomic mass is 9.69. The number of aryl methyl sites for hydroxylation is 1. The van der Waals surface area contributed by atoms with Gasteiger partial charge in [0.05, 0.1) is 19.3 Å². The minimum absolute atomic E-state index is 0.0533. The number of rotatable bonds is 9. The lowest BCUT2D eigenvalue weighted by Gasteiger charge is -2.38. The van der Waals surface area contributed by atoms with E-state index in [-0.39, 0.29) is 35.7 Å². The second kappa shape index (κ2) is 12.1. The van der Waals surface area contributed by atoms with Crippen molar-refractivity contribution in [3.8, 4) is 0 Å². The van der Waals surface area contributed by atoms with E-state index in [9.17, 15) is 15.0 Å². The van der Waals surface area contributed by atoms with Crippen LogP contribution in [0.2, 0.25) is 0 Å². The molecule has 0 aliphatic heterocycles. The SMILES string of the molecule is COC[C@@]1(O)CCC2/C1=C\C1(C)CCC(C(C)COC(=O)CCCc3ccc4ccc5cccc6ccc3c4c56)=C1C[C@H](O)C2C. The molecule has 4 aromatic carbocycles. The third-order valence-corrected chi connectivity index (χ3v) is 11.8. The summed E-state index contributed by atoms with van der Waals surface area (Å²) >= 11 is 0. The number of ether oxygens (including phenoxy) is 2. The van der Waals surface area contributed by atoms with E-state index in [1.165, 1.54) is 49.0 Å². The zero-order chi connectivity index (χ0) is 32.2. The van der Waals surface area contributed by atoms with Gasteiger partial charge in [0.1, 0.15) is 5.60 Å². The van der Waals surface area contributed by atoms with Gasteiger partial charge >= 0.3 is 5.97 Å². The standard InChI is InChI=1S/C41H48O5/c1-25(31-17-19-40(3)22-35-32(18-20-41(35,44)24-45-4)26(2)36(42)21-34(31)40)23-46-37(43)10-6-7-27-11-12-30-14-13-28-8-5-9-29-15-16-33(27)39(30)38(28)29/h5,8-9,11-16,22,25-26,32,36,42,44H,6-7,10,17-21,23-24H2,1-4H3/b35-22+/t25?,26?,32?,36-,40?,41-/m0/s1. The van der Waals surface area contributed by atoms with Crippen LogP contribution in [-0.2, 0) is 20.7 Å². The molecule has 1 fully saturated rings. The molecule has 0 spiro atoms. The highest BCUT2D eigenvalue weighted by atomic mass is 16.5. The number of allylic oxidation sites excluding steroid dienone is 1. The Labute approximate surface area is 272 Å². The van der Waals surface area contributed by atoms with Crippen LogP contribution < -0.4 is 0 Å². The largest absolute Gasteiger partial charge is 0.465 e. The Hall–Kier alpha value is -3.25. The summed E-state index contributed by atoms with van der Waals surface area (Å²) < 4.78 is 11.3. The van der Waals surface area contributed by atoms with E-state index >= 15 is 0 Å². The monoisotopic (exact) mass is 620 g/mol. The van der Waals surface area contributed by atoms with Crippen molar-refractivity contribution in [2.45, 2.75) is 83.8 Å². The summed E-state index contributed by atoms with van der Waals surface area (Å²) in [6.07, 6.45) is 7.83. The van der Waals surface area contributed by atoms with E-state index in [4.69, 9.17) is 9.47 Å². The molecule has 6 atom stereocenters. The molecule has 46 heavy (non-hydrogen) atoms. The first-order chi connectivity index (χ1) is 22.1. The van der Waals surface area contributed by atoms with Crippen LogP contribution in [-0.4, -0.2) is 48.2 Å². The normalized spacial score (nSPS) is 29.9. The number of hydrogen-bond donors (Lipinski definition) is 2. The third kappa shape index (κ3) is 5.35. The van der Waals surface area contributed by atoms with Crippen LogP contribution in [0.15, 0.2) is 77.4 Å². The molecule has 0 aromatic heterocycles. The van der Waals surface area contributed by atoms with Gasteiger partial charge in [0.15, 0.2) is 0 Å². The van der Waals surface area contributed by atoms with Crippen molar-refractivity contribution >= 4 is 38.3 Å². The van der Waals surface area contributed by atoms with Crippen molar-refractivity contribution in [2.24, 2.45) is 23.2 Å². The predicted octanol–water partition coefficient (Wildman–Crippen LogP) is 8.30. The fraction of sp³-hybridized carbons (Fsp3) is 0.488. The van der Waals surface area contributed by atoms with E-state index < -0.39 is 11.7 Å². The van der Waals surface area contributed by atoms with Crippen LogP contribution in [0.1, 0.15) is 71.3 Å². The molecule has 0 radical (unpaired) electrons. The topological polar surface area (TPSA) is 76.0 Å². The van der Waals surface area contributed by atoms with E-state index in [1.807, 2.05) is 0 Å². The van der Waals surface area contributed by atoms with Crippen molar-refractivity contribution in [3.05, 3.63) is 83.0 Å². The summed E-state index contributed by atoms with van der Waals surface area (Å²) in [7, 11) is 1.64. The Morgan fingerprint density at radius 1 is 1.02 bits per heavy atom. The van der Waals surface area contributed by atoms with Crippen LogP contribution in [0, 0.1) is 23.2 Å². The number of aliphatic hydroxyl groups excluding tert-OH is 1. The smallest absolute Gasteiger partial charge is 0.305 e. The van der Waals surface area contributed by atoms with Crippen molar-refractivity contribution in [3.63, 3.8) is 0 Å². The van der Waals surface area contributed by atoms with Gasteiger partial charge in [-0.15, -0.1) is 0 Å². The molecule has 0 saturated heterocycles. The van der Waals surface area contributed by atoms with Gasteiger partial charge in [-0.1, -0.05) is 92.6 Å². The van der Waals surface area contributed by atoms with Gasteiger partial charge < -0.3 is 19.7 Å². The molecule has 242 valence electrons. The minimum atomic E-state index is -0.972. The molecular formula is C41H48O5. The summed E-state index contributed by atoms with van der Waals surface area (Å²) in [6, 6.07) is 19.8. The molecule has 3 aliphatic carbocycles. The maximum absolute atomic E-state index is 13.0. The predicted molar refractivity (Wildman–Crippen MR) is 185 cm³/mol. The van der Waals surface area contributed by atoms with Crippen molar-refractivity contribution in [2.75, 3.05) is 20.3 Å². The number of methoxy groups -OCH3 is 1. The van der Waals surface area contributed by atoms with Gasteiger partial charge in [-0.25, -0.2) is 0 Å². The van der Waals surface area contributed by atoms with E-state index in [1.54, 1.807) is 7.11 Å². The first kappa shape index (κ1) is 31.4. The molecule has 2 N–H and O–H groups in total. The molecular weight excluding hydrogens is 572 g/mol. The van der Waals surface area contributed by atoms with Crippen LogP contribution >= 0.6 is 0 Å². The molecule has 0 bridgehead atoms. The van der Waals surface area contributed by atoms with E-state index in [0.717, 1.165) is 37.7 Å². The lowest BCUT2D eigenvalue weighted by Crippen LogP contribution is -2.38. The minimum Gasteiger partial charge on any atom is -0.465 e. The highest BCUT2D eigenvalue weighted by Gasteiger charge is 2.50. The fourth-order valence-electron chi connectivity index (χ4n) is 9.19. The number of benzene rings is 4. The molecule has 7 rings (SSSR count). The van der Waals surface area contributed by atoms with Gasteiger partial charge in [-0.2, -0.15) is 0 Å². The van der Waals surface area contributed by atoms with Crippen molar-refractivity contribution < 1.29 is 24.5 Å². The molecule has 0 heterocycles. The third-order valence-electron chi connectivity index (χ3n) is 11.8. The highest BCUT2D eigenvalue weighted by molar-refractivity contribution is 6.23. The summed E-state index contributed by atoms with van der Waals surface area (Å²) in [4.78, 5) is 13.0. The lowest BCUT2D eigenvalue weighted by molar-refractivity contribution is -0.144. The number of esters is 1. The van der Waals surface area contributed by atoms with Gasteiger partial charge in [-0.3, -0.25) is 4.79 Å². The second-order valence-corrected chi connectivity index (χ2v) is 14.8. The molecule has 5 nitrogen and oxygen atoms in total. The van der Waals surface area contributed by atoms with E-state index in [0.29, 0.717) is 25.9 Å². The second-order valence-electron chi connectivity index (χ2n) is 14.8. The average Bonchev–Trinajstić information content (AvgIpc) is 3.53. The molecule has 4 aromatic rings. The van der Waals surface area contributed by atoms with Crippen molar-refractivity contribution in [1.29, 1.82) is 0 Å². The molecule has 5 heteroatoms. The quantitative estimate of drug-likeness (QED) is 0.112. The number of carbonyl (C=O) groups excluding carboxylic acids is 1. The van der Waals surface area contributed by atoms with Gasteiger partial charge in [-0.05, 0) is 100 Å². The molecule has 3 aliphatic rings. The van der Waals surface area contributed by atoms with Gasteiger partial charge in [0.25, 0.3) is 0 Å². The van der Waals surface area contributed by atoms with Gasteiger partial charge in [0, 0.05) is 24.9 Å². The molecule has 0 amide bonds. The summed E-state index contributed by atoms with van der Waals surface area (Å²) in [5, 5.41) is 30.7. The molecule has 4 unspecified atom stereocenters.